The lowest BCUT2D eigenvalue weighted by Crippen LogP contribution is -2.43. The second-order valence-corrected chi connectivity index (χ2v) is 10.0. The van der Waals surface area contributed by atoms with Crippen LogP contribution in [0.5, 0.6) is 5.75 Å². The quantitative estimate of drug-likeness (QED) is 0.732. The van der Waals surface area contributed by atoms with Gasteiger partial charge in [0, 0.05) is 6.04 Å². The molecule has 0 bridgehead atoms. The van der Waals surface area contributed by atoms with E-state index in [1.165, 1.54) is 6.92 Å². The van der Waals surface area contributed by atoms with Crippen LogP contribution < -0.4 is 10.1 Å². The molecule has 2 atom stereocenters. The number of esters is 1. The third kappa shape index (κ3) is 6.23. The summed E-state index contributed by atoms with van der Waals surface area (Å²) in [5, 5.41) is 2.61. The maximum absolute atomic E-state index is 12.1. The van der Waals surface area contributed by atoms with Crippen molar-refractivity contribution in [3.8, 4) is 5.75 Å². The van der Waals surface area contributed by atoms with E-state index in [4.69, 9.17) is 9.47 Å². The van der Waals surface area contributed by atoms with E-state index in [1.807, 2.05) is 39.0 Å². The first-order valence-corrected chi connectivity index (χ1v) is 10.7. The van der Waals surface area contributed by atoms with Crippen LogP contribution in [0.1, 0.15) is 39.7 Å². The number of ether oxygens (including phenoxy) is 2. The number of hydrogen-bond acceptors (Lipinski definition) is 6. The molecule has 1 fully saturated rings. The Hall–Kier alpha value is -2.09. The van der Waals surface area contributed by atoms with Crippen LogP contribution in [0.2, 0.25) is 0 Å². The maximum atomic E-state index is 12.1. The first-order chi connectivity index (χ1) is 12.5. The fourth-order valence-corrected chi connectivity index (χ4v) is 4.53. The highest BCUT2D eigenvalue weighted by molar-refractivity contribution is 7.91. The lowest BCUT2D eigenvalue weighted by atomic mass is 9.86. The molecule has 0 unspecified atom stereocenters. The summed E-state index contributed by atoms with van der Waals surface area (Å²) in [6.07, 6.45) is -0.649. The van der Waals surface area contributed by atoms with Crippen LogP contribution in [0.3, 0.4) is 0 Å². The number of benzene rings is 1. The first kappa shape index (κ1) is 21.2. The molecule has 0 spiro atoms. The van der Waals surface area contributed by atoms with Gasteiger partial charge in [-0.2, -0.15) is 0 Å². The average Bonchev–Trinajstić information content (AvgIpc) is 2.90. The fourth-order valence-electron chi connectivity index (χ4n) is 2.86. The molecule has 2 rings (SSSR count). The molecule has 1 aliphatic rings. The van der Waals surface area contributed by atoms with Crippen LogP contribution in [0.4, 0.5) is 0 Å². The zero-order valence-electron chi connectivity index (χ0n) is 16.2. The van der Waals surface area contributed by atoms with E-state index >= 15 is 0 Å². The van der Waals surface area contributed by atoms with E-state index in [0.29, 0.717) is 12.2 Å². The highest BCUT2D eigenvalue weighted by Crippen LogP contribution is 2.30. The highest BCUT2D eigenvalue weighted by atomic mass is 32.2. The van der Waals surface area contributed by atoms with E-state index in [9.17, 15) is 18.0 Å². The van der Waals surface area contributed by atoms with Gasteiger partial charge in [0.2, 0.25) is 0 Å². The largest absolute Gasteiger partial charge is 0.482 e. The van der Waals surface area contributed by atoms with Gasteiger partial charge in [0.15, 0.2) is 22.5 Å². The molecule has 0 radical (unpaired) electrons. The van der Waals surface area contributed by atoms with Crippen molar-refractivity contribution in [2.45, 2.75) is 51.7 Å². The number of carbonyl (C=O) groups excluding carboxylic acids is 2. The van der Waals surface area contributed by atoms with Crippen molar-refractivity contribution in [1.82, 2.24) is 5.32 Å². The van der Waals surface area contributed by atoms with Crippen LogP contribution in [0.15, 0.2) is 24.3 Å². The van der Waals surface area contributed by atoms with Gasteiger partial charge in [0.25, 0.3) is 5.91 Å². The number of hydrogen-bond donors (Lipinski definition) is 1. The van der Waals surface area contributed by atoms with Crippen molar-refractivity contribution in [2.75, 3.05) is 18.1 Å². The summed E-state index contributed by atoms with van der Waals surface area (Å²) < 4.78 is 33.5. The fraction of sp³-hybridized carbons (Fsp3) is 0.579. The van der Waals surface area contributed by atoms with Crippen molar-refractivity contribution in [3.63, 3.8) is 0 Å². The molecule has 0 aromatic heterocycles. The van der Waals surface area contributed by atoms with Crippen molar-refractivity contribution < 1.29 is 27.5 Å². The number of nitrogens with one attached hydrogen (secondary N) is 1. The second-order valence-electron chi connectivity index (χ2n) is 7.78. The molecule has 1 aromatic rings. The highest BCUT2D eigenvalue weighted by Gasteiger charge is 2.30. The van der Waals surface area contributed by atoms with Crippen molar-refractivity contribution >= 4 is 21.7 Å². The molecule has 0 aliphatic carbocycles. The van der Waals surface area contributed by atoms with Crippen molar-refractivity contribution in [1.29, 1.82) is 0 Å². The molecule has 0 saturated carbocycles. The summed E-state index contributed by atoms with van der Waals surface area (Å²) in [6.45, 7) is 7.26. The molecule has 8 heteroatoms. The maximum Gasteiger partial charge on any atom is 0.344 e. The molecule has 7 nitrogen and oxygen atoms in total. The van der Waals surface area contributed by atoms with Gasteiger partial charge in [-0.05, 0) is 30.4 Å². The Morgan fingerprint density at radius 3 is 2.52 bits per heavy atom. The zero-order chi connectivity index (χ0) is 20.2. The standard InChI is InChI=1S/C19H27NO6S/c1-13(18(22)20-14-9-10-27(23,24)12-14)26-17(21)11-25-16-8-6-5-7-15(16)19(2,3)4/h5-8,13-14H,9-12H2,1-4H3,(H,20,22)/t13-,14-/m0/s1. The van der Waals surface area contributed by atoms with Gasteiger partial charge >= 0.3 is 5.97 Å². The minimum Gasteiger partial charge on any atom is -0.482 e. The van der Waals surface area contributed by atoms with E-state index in [2.05, 4.69) is 5.32 Å². The number of sulfone groups is 1. The zero-order valence-corrected chi connectivity index (χ0v) is 17.0. The molecule has 1 amide bonds. The Balaban J connectivity index is 1.84. The number of carbonyl (C=O) groups is 2. The Morgan fingerprint density at radius 1 is 1.26 bits per heavy atom. The number of amides is 1. The molecule has 150 valence electrons. The van der Waals surface area contributed by atoms with Crippen molar-refractivity contribution in [2.24, 2.45) is 0 Å². The van der Waals surface area contributed by atoms with Crippen LogP contribution >= 0.6 is 0 Å². The van der Waals surface area contributed by atoms with E-state index < -0.39 is 33.9 Å². The Morgan fingerprint density at radius 2 is 1.93 bits per heavy atom. The van der Waals surface area contributed by atoms with Crippen LogP contribution in [-0.4, -0.2) is 50.6 Å². The third-order valence-electron chi connectivity index (χ3n) is 4.30. The van der Waals surface area contributed by atoms with Gasteiger partial charge in [0.05, 0.1) is 11.5 Å². The third-order valence-corrected chi connectivity index (χ3v) is 6.06. The summed E-state index contributed by atoms with van der Waals surface area (Å²) >= 11 is 0. The predicted molar refractivity (Wildman–Crippen MR) is 101 cm³/mol. The molecular formula is C19H27NO6S. The molecular weight excluding hydrogens is 370 g/mol. The molecule has 1 N–H and O–H groups in total. The minimum absolute atomic E-state index is 0.0626. The lowest BCUT2D eigenvalue weighted by molar-refractivity contribution is -0.156. The minimum atomic E-state index is -3.09. The van der Waals surface area contributed by atoms with Gasteiger partial charge in [-0.15, -0.1) is 0 Å². The predicted octanol–water partition coefficient (Wildman–Crippen LogP) is 1.60. The molecule has 1 aromatic carbocycles. The lowest BCUT2D eigenvalue weighted by Gasteiger charge is -2.22. The van der Waals surface area contributed by atoms with Gasteiger partial charge in [-0.1, -0.05) is 39.0 Å². The number of rotatable bonds is 6. The SMILES string of the molecule is C[C@H](OC(=O)COc1ccccc1C(C)(C)C)C(=O)N[C@H]1CCS(=O)(=O)C1. The molecule has 1 saturated heterocycles. The van der Waals surface area contributed by atoms with Gasteiger partial charge in [-0.25, -0.2) is 13.2 Å². The van der Waals surface area contributed by atoms with Crippen LogP contribution in [0, 0.1) is 0 Å². The normalized spacial score (nSPS) is 19.9. The Labute approximate surface area is 160 Å². The topological polar surface area (TPSA) is 98.8 Å². The molecule has 1 aliphatic heterocycles. The smallest absolute Gasteiger partial charge is 0.344 e. The van der Waals surface area contributed by atoms with Gasteiger partial charge in [0.1, 0.15) is 5.75 Å². The second kappa shape index (κ2) is 8.29. The summed E-state index contributed by atoms with van der Waals surface area (Å²) in [6, 6.07) is 7.01. The Kier molecular flexibility index (Phi) is 6.51. The van der Waals surface area contributed by atoms with Crippen LogP contribution in [-0.2, 0) is 29.6 Å². The van der Waals surface area contributed by atoms with E-state index in [-0.39, 0.29) is 23.5 Å². The molecule has 27 heavy (non-hydrogen) atoms. The summed E-state index contributed by atoms with van der Waals surface area (Å²) in [5.74, 6) is -0.602. The van der Waals surface area contributed by atoms with Crippen molar-refractivity contribution in [3.05, 3.63) is 29.8 Å². The van der Waals surface area contributed by atoms with Crippen LogP contribution in [0.25, 0.3) is 0 Å². The first-order valence-electron chi connectivity index (χ1n) is 8.90. The Bertz CT molecular complexity index is 797. The monoisotopic (exact) mass is 397 g/mol. The summed E-state index contributed by atoms with van der Waals surface area (Å²) in [5.41, 5.74) is 0.820. The van der Waals surface area contributed by atoms with E-state index in [1.54, 1.807) is 6.07 Å². The van der Waals surface area contributed by atoms with Gasteiger partial charge < -0.3 is 14.8 Å². The summed E-state index contributed by atoms with van der Waals surface area (Å²) in [7, 11) is -3.09. The molecule has 1 heterocycles. The average molecular weight is 397 g/mol. The van der Waals surface area contributed by atoms with E-state index in [0.717, 1.165) is 5.56 Å². The summed E-state index contributed by atoms with van der Waals surface area (Å²) in [4.78, 5) is 24.1. The van der Waals surface area contributed by atoms with Gasteiger partial charge in [-0.3, -0.25) is 4.79 Å². The number of para-hydroxylation sites is 1.